The minimum atomic E-state index is 0.852. The van der Waals surface area contributed by atoms with Crippen molar-refractivity contribution in [2.75, 3.05) is 0 Å². The van der Waals surface area contributed by atoms with Crippen LogP contribution in [-0.2, 0) is 0 Å². The van der Waals surface area contributed by atoms with E-state index in [0.717, 1.165) is 17.8 Å². The number of hydrogen-bond donors (Lipinski definition) is 0. The maximum absolute atomic E-state index is 2.44. The molecule has 0 spiro atoms. The van der Waals surface area contributed by atoms with Gasteiger partial charge in [0.15, 0.2) is 0 Å². The van der Waals surface area contributed by atoms with Crippen LogP contribution in [0.5, 0.6) is 0 Å². The summed E-state index contributed by atoms with van der Waals surface area (Å²) in [6, 6.07) is 0. The molecule has 2 unspecified atom stereocenters. The summed E-state index contributed by atoms with van der Waals surface area (Å²) >= 11 is 0. The second kappa shape index (κ2) is 5.53. The van der Waals surface area contributed by atoms with Crippen LogP contribution in [-0.4, -0.2) is 0 Å². The Labute approximate surface area is 94.5 Å². The molecule has 0 nitrogen and oxygen atoms in total. The quantitative estimate of drug-likeness (QED) is 0.579. The molecule has 2 atom stereocenters. The monoisotopic (exact) mass is 204 g/mol. The molecule has 0 aliphatic heterocycles. The molecule has 0 amide bonds. The Hall–Kier alpha value is -0.520. The van der Waals surface area contributed by atoms with Gasteiger partial charge in [-0.3, -0.25) is 0 Å². The van der Waals surface area contributed by atoms with E-state index in [1.165, 1.54) is 44.9 Å². The Morgan fingerprint density at radius 2 is 1.40 bits per heavy atom. The molecule has 15 heavy (non-hydrogen) atoms. The molecule has 1 saturated carbocycles. The Kier molecular flexibility index (Phi) is 4.05. The lowest BCUT2D eigenvalue weighted by Crippen LogP contribution is -2.12. The van der Waals surface area contributed by atoms with Gasteiger partial charge in [0, 0.05) is 0 Å². The molecule has 2 aliphatic carbocycles. The predicted octanol–water partition coefficient (Wildman–Crippen LogP) is 4.73. The summed E-state index contributed by atoms with van der Waals surface area (Å²) in [5.74, 6) is 2.72. The fraction of sp³-hybridized carbons (Fsp3) is 0.733. The van der Waals surface area contributed by atoms with Crippen LogP contribution in [0.25, 0.3) is 0 Å². The average Bonchev–Trinajstić information content (AvgIpc) is 2.38. The maximum atomic E-state index is 2.44. The molecule has 2 rings (SSSR count). The fourth-order valence-corrected chi connectivity index (χ4v) is 3.16. The van der Waals surface area contributed by atoms with Crippen LogP contribution >= 0.6 is 0 Å². The second-order valence-electron chi connectivity index (χ2n) is 5.23. The first kappa shape index (κ1) is 11.0. The van der Waals surface area contributed by atoms with Crippen molar-refractivity contribution in [1.29, 1.82) is 0 Å². The van der Waals surface area contributed by atoms with Gasteiger partial charge in [-0.1, -0.05) is 63.3 Å². The molecular formula is C15H24. The van der Waals surface area contributed by atoms with Crippen LogP contribution in [0.1, 0.15) is 51.9 Å². The van der Waals surface area contributed by atoms with Crippen molar-refractivity contribution in [1.82, 2.24) is 0 Å². The summed E-state index contributed by atoms with van der Waals surface area (Å²) in [6.45, 7) is 2.36. The van der Waals surface area contributed by atoms with E-state index >= 15 is 0 Å². The molecule has 84 valence electrons. The number of fused-ring (bicyclic) bond motifs is 1. The van der Waals surface area contributed by atoms with Gasteiger partial charge in [-0.15, -0.1) is 0 Å². The van der Waals surface area contributed by atoms with Gasteiger partial charge in [0.1, 0.15) is 0 Å². The highest BCUT2D eigenvalue weighted by Gasteiger charge is 2.20. The van der Waals surface area contributed by atoms with Crippen LogP contribution < -0.4 is 0 Å². The highest BCUT2D eigenvalue weighted by Crippen LogP contribution is 2.33. The molecule has 0 radical (unpaired) electrons. The van der Waals surface area contributed by atoms with Crippen LogP contribution in [0, 0.1) is 17.8 Å². The molecule has 0 aromatic heterocycles. The molecule has 0 N–H and O–H groups in total. The van der Waals surface area contributed by atoms with Crippen LogP contribution in [0.15, 0.2) is 24.3 Å². The van der Waals surface area contributed by atoms with E-state index < -0.39 is 0 Å². The third-order valence-corrected chi connectivity index (χ3v) is 4.25. The summed E-state index contributed by atoms with van der Waals surface area (Å²) in [5.41, 5.74) is 0. The fourth-order valence-electron chi connectivity index (χ4n) is 3.16. The lowest BCUT2D eigenvalue weighted by molar-refractivity contribution is 0.409. The van der Waals surface area contributed by atoms with Crippen molar-refractivity contribution in [2.24, 2.45) is 17.8 Å². The SMILES string of the molecule is CCC1CCCC2C=CC=CC2CCC1. The maximum Gasteiger partial charge on any atom is -0.0167 e. The van der Waals surface area contributed by atoms with Crippen LogP contribution in [0.2, 0.25) is 0 Å². The minimum absolute atomic E-state index is 0.852. The molecule has 0 saturated heterocycles. The molecule has 0 bridgehead atoms. The molecule has 2 aliphatic rings. The first-order valence-electron chi connectivity index (χ1n) is 6.75. The van der Waals surface area contributed by atoms with Crippen LogP contribution in [0.4, 0.5) is 0 Å². The van der Waals surface area contributed by atoms with Gasteiger partial charge < -0.3 is 0 Å². The predicted molar refractivity (Wildman–Crippen MR) is 66.7 cm³/mol. The number of hydrogen-bond acceptors (Lipinski definition) is 0. The van der Waals surface area contributed by atoms with Crippen molar-refractivity contribution in [3.8, 4) is 0 Å². The largest absolute Gasteiger partial charge is 0.0808 e. The van der Waals surface area contributed by atoms with Gasteiger partial charge in [-0.25, -0.2) is 0 Å². The van der Waals surface area contributed by atoms with E-state index in [4.69, 9.17) is 0 Å². The third-order valence-electron chi connectivity index (χ3n) is 4.25. The lowest BCUT2D eigenvalue weighted by atomic mass is 9.82. The van der Waals surface area contributed by atoms with E-state index in [1.54, 1.807) is 0 Å². The van der Waals surface area contributed by atoms with E-state index in [0.29, 0.717) is 0 Å². The summed E-state index contributed by atoms with van der Waals surface area (Å²) in [6.07, 6.45) is 19.4. The van der Waals surface area contributed by atoms with Crippen molar-refractivity contribution in [3.05, 3.63) is 24.3 Å². The lowest BCUT2D eigenvalue weighted by Gasteiger charge is -2.23. The average molecular weight is 204 g/mol. The van der Waals surface area contributed by atoms with Crippen molar-refractivity contribution in [3.63, 3.8) is 0 Å². The number of allylic oxidation sites excluding steroid dienone is 4. The Bertz CT molecular complexity index is 212. The van der Waals surface area contributed by atoms with E-state index in [-0.39, 0.29) is 0 Å². The summed E-state index contributed by atoms with van der Waals surface area (Å²) in [5, 5.41) is 0. The van der Waals surface area contributed by atoms with Crippen molar-refractivity contribution >= 4 is 0 Å². The van der Waals surface area contributed by atoms with Gasteiger partial charge in [0.25, 0.3) is 0 Å². The zero-order valence-electron chi connectivity index (χ0n) is 9.99. The second-order valence-corrected chi connectivity index (χ2v) is 5.23. The molecule has 0 aromatic carbocycles. The first-order chi connectivity index (χ1) is 7.40. The summed E-state index contributed by atoms with van der Waals surface area (Å²) < 4.78 is 0. The topological polar surface area (TPSA) is 0 Å². The molecule has 0 heterocycles. The van der Waals surface area contributed by atoms with Crippen molar-refractivity contribution in [2.45, 2.75) is 51.9 Å². The molecular weight excluding hydrogens is 180 g/mol. The van der Waals surface area contributed by atoms with Gasteiger partial charge in [-0.2, -0.15) is 0 Å². The highest BCUT2D eigenvalue weighted by molar-refractivity contribution is 5.14. The summed E-state index contributed by atoms with van der Waals surface area (Å²) in [4.78, 5) is 0. The van der Waals surface area contributed by atoms with E-state index in [9.17, 15) is 0 Å². The first-order valence-corrected chi connectivity index (χ1v) is 6.75. The zero-order valence-corrected chi connectivity index (χ0v) is 9.99. The third kappa shape index (κ3) is 2.96. The van der Waals surface area contributed by atoms with Crippen LogP contribution in [0.3, 0.4) is 0 Å². The van der Waals surface area contributed by atoms with Gasteiger partial charge >= 0.3 is 0 Å². The Morgan fingerprint density at radius 3 is 1.87 bits per heavy atom. The van der Waals surface area contributed by atoms with Gasteiger partial charge in [-0.05, 0) is 30.6 Å². The number of rotatable bonds is 1. The molecule has 0 heteroatoms. The smallest absolute Gasteiger partial charge is 0.0167 e. The molecule has 0 aromatic rings. The van der Waals surface area contributed by atoms with E-state index in [2.05, 4.69) is 31.2 Å². The standard InChI is InChI=1S/C15H24/c1-2-13-7-5-11-14-9-3-4-10-15(14)12-6-8-13/h3-4,9-10,13-15H,2,5-8,11-12H2,1H3. The minimum Gasteiger partial charge on any atom is -0.0808 e. The molecule has 1 fully saturated rings. The van der Waals surface area contributed by atoms with E-state index in [1.807, 2.05) is 0 Å². The van der Waals surface area contributed by atoms with Crippen molar-refractivity contribution < 1.29 is 0 Å². The Balaban J connectivity index is 1.94. The van der Waals surface area contributed by atoms with Gasteiger partial charge in [0.05, 0.1) is 0 Å². The zero-order chi connectivity index (χ0) is 10.5. The normalized spacial score (nSPS) is 36.5. The van der Waals surface area contributed by atoms with Gasteiger partial charge in [0.2, 0.25) is 0 Å². The highest BCUT2D eigenvalue weighted by atomic mass is 14.3. The summed E-state index contributed by atoms with van der Waals surface area (Å²) in [7, 11) is 0. The Morgan fingerprint density at radius 1 is 0.867 bits per heavy atom.